The number of rotatable bonds is 10. The molecule has 6 heteroatoms. The Kier molecular flexibility index (Phi) is 8.16. The van der Waals surface area contributed by atoms with Crippen LogP contribution < -0.4 is 9.47 Å². The zero-order valence-electron chi connectivity index (χ0n) is 15.6. The van der Waals surface area contributed by atoms with Gasteiger partial charge in [0.2, 0.25) is 0 Å². The van der Waals surface area contributed by atoms with E-state index in [1.807, 2.05) is 13.8 Å². The van der Waals surface area contributed by atoms with E-state index >= 15 is 0 Å². The second-order valence-electron chi connectivity index (χ2n) is 5.54. The third-order valence-corrected chi connectivity index (χ3v) is 3.56. The Morgan fingerprint density at radius 3 is 1.37 bits per heavy atom. The summed E-state index contributed by atoms with van der Waals surface area (Å²) in [5, 5.41) is 0. The molecular formula is C21H24O6. The molecule has 0 aromatic heterocycles. The lowest BCUT2D eigenvalue weighted by molar-refractivity contribution is 0.0396. The van der Waals surface area contributed by atoms with Gasteiger partial charge in [-0.15, -0.1) is 0 Å². The highest BCUT2D eigenvalue weighted by Crippen LogP contribution is 2.14. The Bertz CT molecular complexity index is 658. The Morgan fingerprint density at radius 2 is 1.04 bits per heavy atom. The highest BCUT2D eigenvalue weighted by Gasteiger charge is 2.09. The number of benzene rings is 2. The third kappa shape index (κ3) is 6.66. The summed E-state index contributed by atoms with van der Waals surface area (Å²) in [7, 11) is 0. The molecule has 0 aliphatic heterocycles. The molecule has 0 bridgehead atoms. The summed E-state index contributed by atoms with van der Waals surface area (Å²) in [6.45, 7) is 5.26. The number of carbonyl (C=O) groups excluding carboxylic acids is 2. The molecule has 2 aromatic rings. The molecule has 0 N–H and O–H groups in total. The Morgan fingerprint density at radius 1 is 0.667 bits per heavy atom. The van der Waals surface area contributed by atoms with Crippen molar-refractivity contribution in [1.29, 1.82) is 0 Å². The van der Waals surface area contributed by atoms with Crippen LogP contribution in [0.5, 0.6) is 11.5 Å². The third-order valence-electron chi connectivity index (χ3n) is 3.56. The van der Waals surface area contributed by atoms with Crippen molar-refractivity contribution in [3.05, 3.63) is 59.7 Å². The Hall–Kier alpha value is -3.02. The minimum atomic E-state index is -0.420. The normalized spacial score (nSPS) is 10.1. The summed E-state index contributed by atoms with van der Waals surface area (Å²) < 4.78 is 21.0. The second kappa shape index (κ2) is 10.9. The van der Waals surface area contributed by atoms with Crippen LogP contribution in [0.4, 0.5) is 0 Å². The van der Waals surface area contributed by atoms with E-state index in [1.165, 1.54) is 0 Å². The van der Waals surface area contributed by atoms with Crippen molar-refractivity contribution < 1.29 is 28.5 Å². The Balaban J connectivity index is 1.67. The number of carbonyl (C=O) groups is 2. The maximum atomic E-state index is 11.9. The number of ether oxygens (including phenoxy) is 4. The first-order valence-corrected chi connectivity index (χ1v) is 8.94. The molecule has 0 aliphatic carbocycles. The molecule has 2 aromatic carbocycles. The molecule has 0 spiro atoms. The van der Waals surface area contributed by atoms with E-state index in [9.17, 15) is 9.59 Å². The summed E-state index contributed by atoms with van der Waals surface area (Å²) in [5.74, 6) is 0.567. The first kappa shape index (κ1) is 20.3. The predicted molar refractivity (Wildman–Crippen MR) is 100 cm³/mol. The SMILES string of the molecule is CCOc1ccc(C(=O)OCCCOC(=O)c2ccc(OCC)cc2)cc1. The summed E-state index contributed by atoms with van der Waals surface area (Å²) in [5.41, 5.74) is 0.898. The van der Waals surface area contributed by atoms with Crippen molar-refractivity contribution in [2.24, 2.45) is 0 Å². The molecule has 6 nitrogen and oxygen atoms in total. The lowest BCUT2D eigenvalue weighted by Gasteiger charge is -2.08. The molecule has 0 atom stereocenters. The van der Waals surface area contributed by atoms with Crippen LogP contribution in [-0.2, 0) is 9.47 Å². The van der Waals surface area contributed by atoms with Crippen LogP contribution in [-0.4, -0.2) is 38.4 Å². The molecule has 2 rings (SSSR count). The van der Waals surface area contributed by atoms with E-state index in [4.69, 9.17) is 18.9 Å². The van der Waals surface area contributed by atoms with Gasteiger partial charge in [-0.2, -0.15) is 0 Å². The highest BCUT2D eigenvalue weighted by molar-refractivity contribution is 5.90. The average molecular weight is 372 g/mol. The van der Waals surface area contributed by atoms with Crippen molar-refractivity contribution in [3.63, 3.8) is 0 Å². The van der Waals surface area contributed by atoms with Crippen LogP contribution in [0.2, 0.25) is 0 Å². The van der Waals surface area contributed by atoms with Crippen LogP contribution in [0.1, 0.15) is 41.0 Å². The van der Waals surface area contributed by atoms with Crippen molar-refractivity contribution in [1.82, 2.24) is 0 Å². The van der Waals surface area contributed by atoms with Crippen LogP contribution in [0.25, 0.3) is 0 Å². The van der Waals surface area contributed by atoms with Gasteiger partial charge in [-0.1, -0.05) is 0 Å². The van der Waals surface area contributed by atoms with Gasteiger partial charge >= 0.3 is 11.9 Å². The topological polar surface area (TPSA) is 71.1 Å². The fraction of sp³-hybridized carbons (Fsp3) is 0.333. The number of esters is 2. The van der Waals surface area contributed by atoms with Crippen LogP contribution >= 0.6 is 0 Å². The van der Waals surface area contributed by atoms with E-state index in [0.29, 0.717) is 42.3 Å². The molecule has 0 aliphatic rings. The van der Waals surface area contributed by atoms with Gasteiger partial charge in [0.05, 0.1) is 37.6 Å². The second-order valence-corrected chi connectivity index (χ2v) is 5.54. The number of hydrogen-bond donors (Lipinski definition) is 0. The van der Waals surface area contributed by atoms with Gasteiger partial charge in [-0.3, -0.25) is 0 Å². The van der Waals surface area contributed by atoms with Crippen molar-refractivity contribution in [2.75, 3.05) is 26.4 Å². The smallest absolute Gasteiger partial charge is 0.338 e. The molecule has 27 heavy (non-hydrogen) atoms. The van der Waals surface area contributed by atoms with E-state index in [2.05, 4.69) is 0 Å². The summed E-state index contributed by atoms with van der Waals surface area (Å²) in [6.07, 6.45) is 0.422. The zero-order valence-corrected chi connectivity index (χ0v) is 15.6. The van der Waals surface area contributed by atoms with Crippen LogP contribution in [0.15, 0.2) is 48.5 Å². The van der Waals surface area contributed by atoms with Gasteiger partial charge in [0.25, 0.3) is 0 Å². The lowest BCUT2D eigenvalue weighted by Crippen LogP contribution is -2.11. The first-order valence-electron chi connectivity index (χ1n) is 8.94. The Labute approximate surface area is 159 Å². The predicted octanol–water partition coefficient (Wildman–Crippen LogP) is 3.89. The first-order chi connectivity index (χ1) is 13.1. The minimum absolute atomic E-state index is 0.169. The van der Waals surface area contributed by atoms with Crippen LogP contribution in [0, 0.1) is 0 Å². The van der Waals surface area contributed by atoms with Crippen LogP contribution in [0.3, 0.4) is 0 Å². The molecule has 0 unspecified atom stereocenters. The van der Waals surface area contributed by atoms with Gasteiger partial charge in [-0.05, 0) is 62.4 Å². The van der Waals surface area contributed by atoms with E-state index < -0.39 is 11.9 Å². The molecular weight excluding hydrogens is 348 g/mol. The average Bonchev–Trinajstić information content (AvgIpc) is 2.69. The largest absolute Gasteiger partial charge is 0.494 e. The molecule has 0 heterocycles. The maximum Gasteiger partial charge on any atom is 0.338 e. The number of hydrogen-bond acceptors (Lipinski definition) is 6. The molecule has 0 fully saturated rings. The fourth-order valence-corrected chi connectivity index (χ4v) is 2.26. The maximum absolute atomic E-state index is 11.9. The van der Waals surface area contributed by atoms with Gasteiger partial charge in [0.1, 0.15) is 11.5 Å². The summed E-state index contributed by atoms with van der Waals surface area (Å²) in [4.78, 5) is 23.9. The lowest BCUT2D eigenvalue weighted by atomic mass is 10.2. The van der Waals surface area contributed by atoms with Gasteiger partial charge < -0.3 is 18.9 Å². The van der Waals surface area contributed by atoms with Gasteiger partial charge in [0, 0.05) is 6.42 Å². The monoisotopic (exact) mass is 372 g/mol. The highest BCUT2D eigenvalue weighted by atomic mass is 16.5. The standard InChI is InChI=1S/C21H24O6/c1-3-24-18-10-6-16(7-11-18)20(22)26-14-5-15-27-21(23)17-8-12-19(13-9-17)25-4-2/h6-13H,3-5,14-15H2,1-2H3. The van der Waals surface area contributed by atoms with Gasteiger partial charge in [-0.25, -0.2) is 9.59 Å². The van der Waals surface area contributed by atoms with Crippen molar-refractivity contribution in [2.45, 2.75) is 20.3 Å². The van der Waals surface area contributed by atoms with Crippen molar-refractivity contribution in [3.8, 4) is 11.5 Å². The van der Waals surface area contributed by atoms with Crippen molar-refractivity contribution >= 4 is 11.9 Å². The molecule has 0 amide bonds. The molecule has 0 saturated carbocycles. The van der Waals surface area contributed by atoms with E-state index in [-0.39, 0.29) is 13.2 Å². The quantitative estimate of drug-likeness (QED) is 0.465. The molecule has 0 radical (unpaired) electrons. The van der Waals surface area contributed by atoms with E-state index in [1.54, 1.807) is 48.5 Å². The zero-order chi connectivity index (χ0) is 19.5. The fourth-order valence-electron chi connectivity index (χ4n) is 2.26. The molecule has 144 valence electrons. The summed E-state index contributed by atoms with van der Waals surface area (Å²) >= 11 is 0. The summed E-state index contributed by atoms with van der Waals surface area (Å²) in [6, 6.07) is 13.5. The molecule has 0 saturated heterocycles. The van der Waals surface area contributed by atoms with E-state index in [0.717, 1.165) is 0 Å². The van der Waals surface area contributed by atoms with Gasteiger partial charge in [0.15, 0.2) is 0 Å². The minimum Gasteiger partial charge on any atom is -0.494 e.